The van der Waals surface area contributed by atoms with Gasteiger partial charge in [0, 0.05) is 6.20 Å². The summed E-state index contributed by atoms with van der Waals surface area (Å²) in [6.07, 6.45) is 3.41. The summed E-state index contributed by atoms with van der Waals surface area (Å²) in [5, 5.41) is 1.84. The van der Waals surface area contributed by atoms with E-state index < -0.39 is 0 Å². The van der Waals surface area contributed by atoms with Gasteiger partial charge in [0.1, 0.15) is 10.1 Å². The second-order valence-corrected chi connectivity index (χ2v) is 3.74. The number of nitrogen functional groups attached to an aromatic ring is 1. The average Bonchev–Trinajstić information content (AvgIpc) is 2.23. The maximum Gasteiger partial charge on any atom is 0.102 e. The molecule has 0 radical (unpaired) electrons. The van der Waals surface area contributed by atoms with E-state index in [1.165, 1.54) is 11.8 Å². The first-order valence-corrected chi connectivity index (χ1v) is 4.97. The first kappa shape index (κ1) is 9.02. The standard InChI is InChI=1S/C10H9N3S/c11-8-4-5-10(13-7-8)14-9-3-1-2-6-12-9/h1-7H,11H2. The fourth-order valence-corrected chi connectivity index (χ4v) is 1.68. The van der Waals surface area contributed by atoms with Gasteiger partial charge in [-0.05, 0) is 24.3 Å². The maximum absolute atomic E-state index is 5.53. The lowest BCUT2D eigenvalue weighted by Crippen LogP contribution is -1.86. The highest BCUT2D eigenvalue weighted by molar-refractivity contribution is 7.99. The van der Waals surface area contributed by atoms with Gasteiger partial charge in [-0.15, -0.1) is 0 Å². The van der Waals surface area contributed by atoms with E-state index >= 15 is 0 Å². The average molecular weight is 203 g/mol. The second kappa shape index (κ2) is 4.11. The quantitative estimate of drug-likeness (QED) is 0.813. The summed E-state index contributed by atoms with van der Waals surface area (Å²) in [5.74, 6) is 0. The van der Waals surface area contributed by atoms with Crippen LogP contribution in [0.15, 0.2) is 52.8 Å². The van der Waals surface area contributed by atoms with Crippen molar-refractivity contribution in [3.8, 4) is 0 Å². The number of anilines is 1. The Morgan fingerprint density at radius 2 is 1.86 bits per heavy atom. The molecule has 4 heteroatoms. The molecule has 0 aliphatic heterocycles. The molecule has 0 aromatic carbocycles. The third-order valence-corrected chi connectivity index (χ3v) is 2.51. The van der Waals surface area contributed by atoms with Gasteiger partial charge in [0.05, 0.1) is 11.9 Å². The van der Waals surface area contributed by atoms with Crippen molar-refractivity contribution in [1.82, 2.24) is 9.97 Å². The van der Waals surface area contributed by atoms with Crippen molar-refractivity contribution in [2.45, 2.75) is 10.1 Å². The smallest absolute Gasteiger partial charge is 0.102 e. The van der Waals surface area contributed by atoms with Crippen LogP contribution >= 0.6 is 11.8 Å². The second-order valence-electron chi connectivity index (χ2n) is 2.70. The van der Waals surface area contributed by atoms with E-state index in [9.17, 15) is 0 Å². The minimum atomic E-state index is 0.676. The summed E-state index contributed by atoms with van der Waals surface area (Å²) < 4.78 is 0. The molecule has 0 aliphatic carbocycles. The van der Waals surface area contributed by atoms with Gasteiger partial charge in [0.15, 0.2) is 0 Å². The Kier molecular flexibility index (Phi) is 2.65. The van der Waals surface area contributed by atoms with Gasteiger partial charge in [-0.3, -0.25) is 0 Å². The predicted molar refractivity (Wildman–Crippen MR) is 57.0 cm³/mol. The van der Waals surface area contributed by atoms with Crippen LogP contribution in [0.25, 0.3) is 0 Å². The summed E-state index contributed by atoms with van der Waals surface area (Å²) in [7, 11) is 0. The molecule has 0 fully saturated rings. The molecule has 0 aliphatic rings. The lowest BCUT2D eigenvalue weighted by Gasteiger charge is -1.99. The van der Waals surface area contributed by atoms with Crippen molar-refractivity contribution in [2.24, 2.45) is 0 Å². The van der Waals surface area contributed by atoms with Crippen LogP contribution in [0.2, 0.25) is 0 Å². The summed E-state index contributed by atoms with van der Waals surface area (Å²) in [5.41, 5.74) is 6.21. The Morgan fingerprint density at radius 3 is 2.50 bits per heavy atom. The molecule has 2 aromatic heterocycles. The lowest BCUT2D eigenvalue weighted by molar-refractivity contribution is 1.09. The molecule has 0 unspecified atom stereocenters. The molecule has 2 heterocycles. The lowest BCUT2D eigenvalue weighted by atomic mass is 10.4. The minimum Gasteiger partial charge on any atom is -0.397 e. The van der Waals surface area contributed by atoms with Crippen molar-refractivity contribution >= 4 is 17.4 Å². The number of nitrogens with two attached hydrogens (primary N) is 1. The monoisotopic (exact) mass is 203 g/mol. The van der Waals surface area contributed by atoms with Crippen LogP contribution in [0.1, 0.15) is 0 Å². The highest BCUT2D eigenvalue weighted by Gasteiger charge is 1.97. The number of hydrogen-bond acceptors (Lipinski definition) is 4. The van der Waals surface area contributed by atoms with Crippen molar-refractivity contribution < 1.29 is 0 Å². The molecule has 2 rings (SSSR count). The Hall–Kier alpha value is -1.55. The third-order valence-electron chi connectivity index (χ3n) is 1.61. The minimum absolute atomic E-state index is 0.676. The highest BCUT2D eigenvalue weighted by atomic mass is 32.2. The molecule has 70 valence electrons. The fourth-order valence-electron chi connectivity index (χ4n) is 0.967. The van der Waals surface area contributed by atoms with E-state index in [0.717, 1.165) is 10.1 Å². The highest BCUT2D eigenvalue weighted by Crippen LogP contribution is 2.23. The normalized spacial score (nSPS) is 10.0. The number of aromatic nitrogens is 2. The van der Waals surface area contributed by atoms with Crippen molar-refractivity contribution in [3.63, 3.8) is 0 Å². The predicted octanol–water partition coefficient (Wildman–Crippen LogP) is 2.21. The topological polar surface area (TPSA) is 51.8 Å². The van der Waals surface area contributed by atoms with Gasteiger partial charge in [-0.25, -0.2) is 9.97 Å². The van der Waals surface area contributed by atoms with Gasteiger partial charge in [-0.1, -0.05) is 17.8 Å². The molecule has 2 aromatic rings. The Bertz CT molecular complexity index is 399. The number of rotatable bonds is 2. The third kappa shape index (κ3) is 2.23. The molecule has 0 amide bonds. The van der Waals surface area contributed by atoms with Crippen molar-refractivity contribution in [2.75, 3.05) is 5.73 Å². The van der Waals surface area contributed by atoms with Crippen LogP contribution < -0.4 is 5.73 Å². The first-order chi connectivity index (χ1) is 6.84. The van der Waals surface area contributed by atoms with Gasteiger partial charge in [-0.2, -0.15) is 0 Å². The zero-order valence-electron chi connectivity index (χ0n) is 7.42. The van der Waals surface area contributed by atoms with Crippen LogP contribution in [-0.2, 0) is 0 Å². The molecule has 0 atom stereocenters. The zero-order chi connectivity index (χ0) is 9.80. The van der Waals surface area contributed by atoms with Gasteiger partial charge < -0.3 is 5.73 Å². The molecule has 0 spiro atoms. The SMILES string of the molecule is Nc1ccc(Sc2ccccn2)nc1. The van der Waals surface area contributed by atoms with Crippen LogP contribution in [-0.4, -0.2) is 9.97 Å². The van der Waals surface area contributed by atoms with Gasteiger partial charge in [0.2, 0.25) is 0 Å². The molecule has 2 N–H and O–H groups in total. The molecule has 3 nitrogen and oxygen atoms in total. The Balaban J connectivity index is 2.16. The molecule has 14 heavy (non-hydrogen) atoms. The van der Waals surface area contributed by atoms with Crippen LogP contribution in [0.4, 0.5) is 5.69 Å². The molecular formula is C10H9N3S. The van der Waals surface area contributed by atoms with Gasteiger partial charge in [0.25, 0.3) is 0 Å². The fraction of sp³-hybridized carbons (Fsp3) is 0. The molecular weight excluding hydrogens is 194 g/mol. The molecule has 0 bridgehead atoms. The van der Waals surface area contributed by atoms with E-state index in [1.807, 2.05) is 30.3 Å². The van der Waals surface area contributed by atoms with E-state index in [0.29, 0.717) is 5.69 Å². The number of hydrogen-bond donors (Lipinski definition) is 1. The van der Waals surface area contributed by atoms with Crippen LogP contribution in [0.3, 0.4) is 0 Å². The molecule has 0 saturated heterocycles. The number of nitrogens with zero attached hydrogens (tertiary/aromatic N) is 2. The Morgan fingerprint density at radius 1 is 1.00 bits per heavy atom. The summed E-state index contributed by atoms with van der Waals surface area (Å²) in [6.45, 7) is 0. The van der Waals surface area contributed by atoms with Crippen LogP contribution in [0.5, 0.6) is 0 Å². The van der Waals surface area contributed by atoms with E-state index in [-0.39, 0.29) is 0 Å². The first-order valence-electron chi connectivity index (χ1n) is 4.15. The van der Waals surface area contributed by atoms with E-state index in [4.69, 9.17) is 5.73 Å². The molecule has 0 saturated carbocycles. The summed E-state index contributed by atoms with van der Waals surface area (Å²) in [4.78, 5) is 8.36. The Labute approximate surface area is 86.4 Å². The van der Waals surface area contributed by atoms with Crippen molar-refractivity contribution in [3.05, 3.63) is 42.7 Å². The largest absolute Gasteiger partial charge is 0.397 e. The van der Waals surface area contributed by atoms with E-state index in [2.05, 4.69) is 9.97 Å². The zero-order valence-corrected chi connectivity index (χ0v) is 8.24. The van der Waals surface area contributed by atoms with Crippen molar-refractivity contribution in [1.29, 1.82) is 0 Å². The van der Waals surface area contributed by atoms with Crippen LogP contribution in [0, 0.1) is 0 Å². The summed E-state index contributed by atoms with van der Waals surface area (Å²) in [6, 6.07) is 9.50. The van der Waals surface area contributed by atoms with Gasteiger partial charge >= 0.3 is 0 Å². The number of pyridine rings is 2. The maximum atomic E-state index is 5.53. The van der Waals surface area contributed by atoms with E-state index in [1.54, 1.807) is 12.4 Å². The summed E-state index contributed by atoms with van der Waals surface area (Å²) >= 11 is 1.52.